The topological polar surface area (TPSA) is 0 Å². The molecule has 1 heteroatoms. The van der Waals surface area contributed by atoms with Gasteiger partial charge in [-0.2, -0.15) is 0 Å². The van der Waals surface area contributed by atoms with Gasteiger partial charge in [-0.05, 0) is 50.3 Å². The second-order valence-electron chi connectivity index (χ2n) is 4.19. The summed E-state index contributed by atoms with van der Waals surface area (Å²) in [5.74, 6) is 0. The maximum absolute atomic E-state index is 3.76. The maximum atomic E-state index is 3.76. The van der Waals surface area contributed by atoms with E-state index in [4.69, 9.17) is 0 Å². The lowest BCUT2D eigenvalue weighted by molar-refractivity contribution is 1.44. The first-order valence-corrected chi connectivity index (χ1v) is 11.2. The highest BCUT2D eigenvalue weighted by atomic mass is 32.2. The maximum Gasteiger partial charge on any atom is 0.166 e. The molecule has 0 saturated heterocycles. The van der Waals surface area contributed by atoms with Crippen molar-refractivity contribution in [1.82, 2.24) is 0 Å². The molecule has 0 unspecified atom stereocenters. The molecule has 0 N–H and O–H groups in total. The van der Waals surface area contributed by atoms with E-state index in [0.29, 0.717) is 0 Å². The van der Waals surface area contributed by atoms with Crippen molar-refractivity contribution in [3.05, 3.63) is 102 Å². The summed E-state index contributed by atoms with van der Waals surface area (Å²) in [6.45, 7) is 23.7. The molecule has 0 aromatic heterocycles. The minimum atomic E-state index is -0.113. The highest BCUT2D eigenvalue weighted by Crippen LogP contribution is 2.31. The van der Waals surface area contributed by atoms with E-state index in [9.17, 15) is 0 Å². The van der Waals surface area contributed by atoms with E-state index >= 15 is 0 Å². The molecule has 0 atom stereocenters. The van der Waals surface area contributed by atoms with Crippen molar-refractivity contribution in [2.45, 2.75) is 60.3 Å². The van der Waals surface area contributed by atoms with E-state index in [-0.39, 0.29) is 10.9 Å². The van der Waals surface area contributed by atoms with Gasteiger partial charge in [0.25, 0.3) is 0 Å². The first-order valence-electron chi connectivity index (χ1n) is 9.98. The van der Waals surface area contributed by atoms with Gasteiger partial charge in [-0.1, -0.05) is 97.2 Å². The second kappa shape index (κ2) is 24.0. The monoisotopic (exact) mass is 385 g/mol. The number of hydrogen-bond acceptors (Lipinski definition) is 0. The largest absolute Gasteiger partial charge is 0.166 e. The van der Waals surface area contributed by atoms with E-state index in [1.165, 1.54) is 14.7 Å². The molecule has 1 aromatic rings. The van der Waals surface area contributed by atoms with Crippen LogP contribution in [0.3, 0.4) is 0 Å². The Morgan fingerprint density at radius 1 is 0.704 bits per heavy atom. The Morgan fingerprint density at radius 2 is 1.07 bits per heavy atom. The van der Waals surface area contributed by atoms with E-state index in [0.717, 1.165) is 0 Å². The Balaban J connectivity index is -0.000000869. The van der Waals surface area contributed by atoms with Crippen LogP contribution in [0.2, 0.25) is 0 Å². The standard InChI is InChI=1S/C20H23S.3C2H6/c1-5-9-14-18(7-3)21(19(8-4)15-10-6-2)20-16-12-11-13-17-20;3*1-2/h5-17H,1-2H2,3-4H3;3*1-2H3/q+1;;;/b14-9-,15-10-,18-7+,19-8+;;;. The van der Waals surface area contributed by atoms with Crippen LogP contribution in [-0.4, -0.2) is 0 Å². The molecule has 0 fully saturated rings. The molecule has 0 spiro atoms. The average molecular weight is 386 g/mol. The summed E-state index contributed by atoms with van der Waals surface area (Å²) in [4.78, 5) is 3.87. The third kappa shape index (κ3) is 12.9. The van der Waals surface area contributed by atoms with Gasteiger partial charge >= 0.3 is 0 Å². The molecule has 0 amide bonds. The lowest BCUT2D eigenvalue weighted by Crippen LogP contribution is -2.07. The molecule has 0 heterocycles. The van der Waals surface area contributed by atoms with Crippen molar-refractivity contribution in [1.29, 1.82) is 0 Å². The second-order valence-corrected chi connectivity index (χ2v) is 6.22. The fraction of sp³-hybridized carbons (Fsp3) is 0.308. The lowest BCUT2D eigenvalue weighted by atomic mass is 10.4. The van der Waals surface area contributed by atoms with E-state index in [1.54, 1.807) is 0 Å². The van der Waals surface area contributed by atoms with Crippen LogP contribution in [0.1, 0.15) is 55.4 Å². The zero-order chi connectivity index (χ0) is 21.5. The SMILES string of the molecule is C=C/C=C\C(=C/C)[S+](C(/C=C\C=C)=C/C)c1ccccc1.CC.CC.CC. The van der Waals surface area contributed by atoms with Crippen LogP contribution < -0.4 is 0 Å². The number of benzene rings is 1. The Bertz CT molecular complexity index is 537. The highest BCUT2D eigenvalue weighted by Gasteiger charge is 2.29. The first kappa shape index (κ1) is 29.8. The average Bonchev–Trinajstić information content (AvgIpc) is 2.77. The normalized spacial score (nSPS) is 12.0. The fourth-order valence-corrected chi connectivity index (χ4v) is 4.00. The zero-order valence-corrected chi connectivity index (χ0v) is 19.6. The van der Waals surface area contributed by atoms with Gasteiger partial charge in [-0.25, -0.2) is 0 Å². The molecular weight excluding hydrogens is 344 g/mol. The summed E-state index contributed by atoms with van der Waals surface area (Å²) in [5, 5.41) is 0. The molecule has 0 bridgehead atoms. The van der Waals surface area contributed by atoms with Gasteiger partial charge in [-0.3, -0.25) is 0 Å². The molecule has 0 aliphatic rings. The van der Waals surface area contributed by atoms with E-state index in [2.05, 4.69) is 81.6 Å². The van der Waals surface area contributed by atoms with E-state index < -0.39 is 0 Å². The van der Waals surface area contributed by atoms with Crippen LogP contribution in [0.4, 0.5) is 0 Å². The Labute approximate surface area is 173 Å². The molecule has 0 saturated carbocycles. The molecule has 0 radical (unpaired) electrons. The quantitative estimate of drug-likeness (QED) is 0.324. The molecule has 0 nitrogen and oxygen atoms in total. The summed E-state index contributed by atoms with van der Waals surface area (Å²) in [6.07, 6.45) is 16.2. The predicted octanol–water partition coefficient (Wildman–Crippen LogP) is 9.03. The third-order valence-electron chi connectivity index (χ3n) is 2.81. The molecule has 27 heavy (non-hydrogen) atoms. The Kier molecular flexibility index (Phi) is 26.5. The minimum absolute atomic E-state index is 0.113. The van der Waals surface area contributed by atoms with Crippen molar-refractivity contribution in [3.63, 3.8) is 0 Å². The molecule has 0 aliphatic heterocycles. The van der Waals surface area contributed by atoms with Crippen molar-refractivity contribution >= 4 is 10.9 Å². The summed E-state index contributed by atoms with van der Waals surface area (Å²) in [6, 6.07) is 10.6. The molecule has 1 aromatic carbocycles. The van der Waals surface area contributed by atoms with Crippen LogP contribution in [0.25, 0.3) is 0 Å². The van der Waals surface area contributed by atoms with Gasteiger partial charge in [0.05, 0.1) is 10.9 Å². The predicted molar refractivity (Wildman–Crippen MR) is 132 cm³/mol. The van der Waals surface area contributed by atoms with Crippen LogP contribution in [0.15, 0.2) is 107 Å². The molecule has 150 valence electrons. The Hall–Kier alpha value is -1.99. The third-order valence-corrected chi connectivity index (χ3v) is 5.24. The van der Waals surface area contributed by atoms with Crippen LogP contribution in [-0.2, 0) is 10.9 Å². The molecular formula is C26H41S+. The summed E-state index contributed by atoms with van der Waals surface area (Å²) >= 11 is 0. The Morgan fingerprint density at radius 3 is 1.37 bits per heavy atom. The van der Waals surface area contributed by atoms with Gasteiger partial charge in [0, 0.05) is 0 Å². The fourth-order valence-electron chi connectivity index (χ4n) is 1.85. The molecule has 1 rings (SSSR count). The summed E-state index contributed by atoms with van der Waals surface area (Å²) < 4.78 is 0. The van der Waals surface area contributed by atoms with Crippen LogP contribution in [0.5, 0.6) is 0 Å². The lowest BCUT2D eigenvalue weighted by Gasteiger charge is -2.08. The van der Waals surface area contributed by atoms with Crippen molar-refractivity contribution in [2.24, 2.45) is 0 Å². The number of allylic oxidation sites excluding steroid dienone is 8. The number of rotatable bonds is 7. The molecule has 0 aliphatic carbocycles. The highest BCUT2D eigenvalue weighted by molar-refractivity contribution is 8.04. The van der Waals surface area contributed by atoms with Gasteiger partial charge < -0.3 is 0 Å². The van der Waals surface area contributed by atoms with Crippen molar-refractivity contribution in [2.75, 3.05) is 0 Å². The van der Waals surface area contributed by atoms with E-state index in [1.807, 2.05) is 65.8 Å². The van der Waals surface area contributed by atoms with Gasteiger partial charge in [0.15, 0.2) is 14.7 Å². The smallest absolute Gasteiger partial charge is 0.0991 e. The van der Waals surface area contributed by atoms with Gasteiger partial charge in [0.1, 0.15) is 0 Å². The minimum Gasteiger partial charge on any atom is -0.0991 e. The summed E-state index contributed by atoms with van der Waals surface area (Å²) in [7, 11) is -0.113. The zero-order valence-electron chi connectivity index (χ0n) is 18.8. The van der Waals surface area contributed by atoms with Crippen molar-refractivity contribution < 1.29 is 0 Å². The van der Waals surface area contributed by atoms with Crippen LogP contribution >= 0.6 is 0 Å². The van der Waals surface area contributed by atoms with Gasteiger partial charge in [-0.15, -0.1) is 0 Å². The first-order chi connectivity index (χ1) is 13.3. The van der Waals surface area contributed by atoms with Crippen molar-refractivity contribution in [3.8, 4) is 0 Å². The summed E-state index contributed by atoms with van der Waals surface area (Å²) in [5.41, 5.74) is 0. The number of hydrogen-bond donors (Lipinski definition) is 0. The van der Waals surface area contributed by atoms with Gasteiger partial charge in [0.2, 0.25) is 0 Å². The van der Waals surface area contributed by atoms with Crippen LogP contribution in [0, 0.1) is 0 Å².